The Hall–Kier alpha value is -2.72. The number of thioether (sulfide) groups is 1. The summed E-state index contributed by atoms with van der Waals surface area (Å²) in [4.78, 5) is 14.7. The Bertz CT molecular complexity index is 1030. The molecule has 3 rings (SSSR count). The highest BCUT2D eigenvalue weighted by Gasteiger charge is 2.25. The maximum atomic E-state index is 13.5. The Labute approximate surface area is 183 Å². The van der Waals surface area contributed by atoms with Crippen molar-refractivity contribution in [1.29, 1.82) is 0 Å². The lowest BCUT2D eigenvalue weighted by molar-refractivity contribution is -0.115. The first-order chi connectivity index (χ1) is 14.3. The van der Waals surface area contributed by atoms with Crippen molar-refractivity contribution in [3.63, 3.8) is 0 Å². The van der Waals surface area contributed by atoms with Crippen LogP contribution in [0.25, 0.3) is 0 Å². The molecule has 3 aromatic carbocycles. The van der Waals surface area contributed by atoms with E-state index in [4.69, 9.17) is 4.74 Å². The molecule has 0 heterocycles. The van der Waals surface area contributed by atoms with E-state index in [9.17, 15) is 4.79 Å². The lowest BCUT2D eigenvalue weighted by atomic mass is 10.0. The number of hydrogen-bond donors (Lipinski definition) is 1. The summed E-state index contributed by atoms with van der Waals surface area (Å²) in [6.45, 7) is 10.5. The van der Waals surface area contributed by atoms with E-state index in [1.54, 1.807) is 18.9 Å². The van der Waals surface area contributed by atoms with E-state index in [2.05, 4.69) is 39.1 Å². The van der Waals surface area contributed by atoms with Crippen molar-refractivity contribution in [2.75, 3.05) is 12.4 Å². The molecule has 0 radical (unpaired) electrons. The average molecular weight is 420 g/mol. The van der Waals surface area contributed by atoms with Crippen molar-refractivity contribution >= 4 is 23.4 Å². The van der Waals surface area contributed by atoms with Crippen LogP contribution in [0.1, 0.15) is 38.6 Å². The molecular formula is C26H29NO2S. The highest BCUT2D eigenvalue weighted by Crippen LogP contribution is 2.41. The lowest BCUT2D eigenvalue weighted by Gasteiger charge is -2.22. The second kappa shape index (κ2) is 9.40. The minimum Gasteiger partial charge on any atom is -0.495 e. The van der Waals surface area contributed by atoms with Crippen LogP contribution in [0.5, 0.6) is 5.75 Å². The fraction of sp³-hybridized carbons (Fsp3) is 0.269. The average Bonchev–Trinajstić information content (AvgIpc) is 2.73. The summed E-state index contributed by atoms with van der Waals surface area (Å²) in [6.07, 6.45) is 0. The van der Waals surface area contributed by atoms with Gasteiger partial charge >= 0.3 is 0 Å². The third-order valence-corrected chi connectivity index (χ3v) is 7.06. The highest BCUT2D eigenvalue weighted by atomic mass is 32.2. The van der Waals surface area contributed by atoms with Crippen LogP contribution in [0.3, 0.4) is 0 Å². The molecule has 0 saturated carbocycles. The molecule has 0 unspecified atom stereocenters. The summed E-state index contributed by atoms with van der Waals surface area (Å²) >= 11 is 1.62. The molecule has 0 spiro atoms. The Kier molecular flexibility index (Phi) is 6.88. The van der Waals surface area contributed by atoms with Crippen LogP contribution >= 0.6 is 11.8 Å². The molecule has 1 N–H and O–H groups in total. The topological polar surface area (TPSA) is 38.3 Å². The molecule has 30 heavy (non-hydrogen) atoms. The molecule has 1 atom stereocenters. The molecule has 0 bridgehead atoms. The van der Waals surface area contributed by atoms with Gasteiger partial charge in [-0.1, -0.05) is 42.5 Å². The molecule has 0 aliphatic heterocycles. The second-order valence-corrected chi connectivity index (χ2v) is 8.81. The van der Waals surface area contributed by atoms with Crippen LogP contribution in [0.15, 0.2) is 59.5 Å². The molecular weight excluding hydrogens is 390 g/mol. The summed E-state index contributed by atoms with van der Waals surface area (Å²) < 4.78 is 5.45. The van der Waals surface area contributed by atoms with E-state index >= 15 is 0 Å². The summed E-state index contributed by atoms with van der Waals surface area (Å²) in [6, 6.07) is 18.0. The fourth-order valence-electron chi connectivity index (χ4n) is 3.49. The molecule has 0 saturated heterocycles. The van der Waals surface area contributed by atoms with Gasteiger partial charge in [0.15, 0.2) is 0 Å². The molecule has 156 valence electrons. The number of carbonyl (C=O) groups excluding carboxylic acids is 1. The summed E-state index contributed by atoms with van der Waals surface area (Å²) in [5.74, 6) is 0.595. The number of rotatable bonds is 6. The van der Waals surface area contributed by atoms with E-state index in [1.807, 2.05) is 55.5 Å². The van der Waals surface area contributed by atoms with Crippen molar-refractivity contribution in [1.82, 2.24) is 0 Å². The van der Waals surface area contributed by atoms with Gasteiger partial charge in [-0.2, -0.15) is 0 Å². The number of carbonyl (C=O) groups is 1. The van der Waals surface area contributed by atoms with Gasteiger partial charge in [-0.25, -0.2) is 0 Å². The number of methoxy groups -OCH3 is 1. The molecule has 1 amide bonds. The van der Waals surface area contributed by atoms with Gasteiger partial charge in [-0.15, -0.1) is 11.8 Å². The van der Waals surface area contributed by atoms with Crippen molar-refractivity contribution < 1.29 is 9.53 Å². The molecule has 3 aromatic rings. The Morgan fingerprint density at radius 3 is 2.13 bits per heavy atom. The third-order valence-electron chi connectivity index (χ3n) is 5.49. The number of ether oxygens (including phenoxy) is 1. The fourth-order valence-corrected chi connectivity index (χ4v) is 4.86. The van der Waals surface area contributed by atoms with Crippen LogP contribution in [0.4, 0.5) is 5.69 Å². The second-order valence-electron chi connectivity index (χ2n) is 7.69. The van der Waals surface area contributed by atoms with Crippen LogP contribution < -0.4 is 10.1 Å². The number of anilines is 1. The smallest absolute Gasteiger partial charge is 0.242 e. The number of amides is 1. The van der Waals surface area contributed by atoms with Gasteiger partial charge in [0.1, 0.15) is 11.0 Å². The summed E-state index contributed by atoms with van der Waals surface area (Å²) in [5, 5.41) is 2.72. The molecule has 3 nitrogen and oxygen atoms in total. The largest absolute Gasteiger partial charge is 0.495 e. The van der Waals surface area contributed by atoms with Crippen LogP contribution in [0.2, 0.25) is 0 Å². The number of hydrogen-bond acceptors (Lipinski definition) is 3. The van der Waals surface area contributed by atoms with Gasteiger partial charge in [0.2, 0.25) is 5.91 Å². The van der Waals surface area contributed by atoms with Gasteiger partial charge in [0, 0.05) is 4.90 Å². The summed E-state index contributed by atoms with van der Waals surface area (Å²) in [7, 11) is 1.62. The first kappa shape index (κ1) is 22.0. The van der Waals surface area contributed by atoms with E-state index in [1.165, 1.54) is 27.1 Å². The molecule has 0 aromatic heterocycles. The van der Waals surface area contributed by atoms with Crippen molar-refractivity contribution in [2.24, 2.45) is 0 Å². The van der Waals surface area contributed by atoms with Gasteiger partial charge in [-0.05, 0) is 80.1 Å². The van der Waals surface area contributed by atoms with Gasteiger partial charge in [-0.3, -0.25) is 4.79 Å². The van der Waals surface area contributed by atoms with Crippen molar-refractivity contribution in [3.8, 4) is 5.75 Å². The maximum absolute atomic E-state index is 13.5. The molecule has 0 aliphatic carbocycles. The van der Waals surface area contributed by atoms with Gasteiger partial charge < -0.3 is 10.1 Å². The molecule has 0 fully saturated rings. The van der Waals surface area contributed by atoms with Crippen LogP contribution in [0, 0.1) is 34.6 Å². The van der Waals surface area contributed by atoms with Crippen LogP contribution in [-0.4, -0.2) is 13.0 Å². The number of aryl methyl sites for hydroxylation is 3. The predicted molar refractivity (Wildman–Crippen MR) is 127 cm³/mol. The SMILES string of the molecule is COc1ccc(C)cc1NC(=O)[C@H](Sc1c(C)c(C)cc(C)c1C)c1ccccc1. The zero-order chi connectivity index (χ0) is 21.8. The van der Waals surface area contributed by atoms with Crippen LogP contribution in [-0.2, 0) is 4.79 Å². The van der Waals surface area contributed by atoms with Gasteiger partial charge in [0.05, 0.1) is 12.8 Å². The van der Waals surface area contributed by atoms with Crippen molar-refractivity contribution in [3.05, 3.63) is 88.0 Å². The highest BCUT2D eigenvalue weighted by molar-refractivity contribution is 8.00. The normalized spacial score (nSPS) is 11.8. The number of benzene rings is 3. The first-order valence-corrected chi connectivity index (χ1v) is 10.9. The Balaban J connectivity index is 2.01. The lowest BCUT2D eigenvalue weighted by Crippen LogP contribution is -2.20. The third kappa shape index (κ3) is 4.71. The minimum absolute atomic E-state index is 0.0620. The Morgan fingerprint density at radius 2 is 1.53 bits per heavy atom. The monoisotopic (exact) mass is 419 g/mol. The molecule has 0 aliphatic rings. The van der Waals surface area contributed by atoms with E-state index in [-0.39, 0.29) is 11.2 Å². The van der Waals surface area contributed by atoms with E-state index < -0.39 is 0 Å². The molecule has 4 heteroatoms. The number of nitrogens with one attached hydrogen (secondary N) is 1. The maximum Gasteiger partial charge on any atom is 0.242 e. The Morgan fingerprint density at radius 1 is 0.900 bits per heavy atom. The quantitative estimate of drug-likeness (QED) is 0.451. The summed E-state index contributed by atoms with van der Waals surface area (Å²) in [5.41, 5.74) is 7.68. The zero-order valence-electron chi connectivity index (χ0n) is 18.5. The predicted octanol–water partition coefficient (Wildman–Crippen LogP) is 6.71. The van der Waals surface area contributed by atoms with E-state index in [0.717, 1.165) is 11.1 Å². The first-order valence-electron chi connectivity index (χ1n) is 10.1. The van der Waals surface area contributed by atoms with Gasteiger partial charge in [0.25, 0.3) is 0 Å². The minimum atomic E-state index is -0.380. The zero-order valence-corrected chi connectivity index (χ0v) is 19.3. The van der Waals surface area contributed by atoms with E-state index in [0.29, 0.717) is 11.4 Å². The van der Waals surface area contributed by atoms with Crippen molar-refractivity contribution in [2.45, 2.75) is 44.8 Å². The standard InChI is InChI=1S/C26H29NO2S/c1-16-12-13-23(29-6)22(14-16)27-26(28)25(21-10-8-7-9-11-21)30-24-19(4)17(2)15-18(3)20(24)5/h7-15,25H,1-6H3,(H,27,28)/t25-/m1/s1.